The molecule has 15 heavy (non-hydrogen) atoms. The first kappa shape index (κ1) is 11.2. The van der Waals surface area contributed by atoms with E-state index in [0.717, 1.165) is 21.9 Å². The van der Waals surface area contributed by atoms with E-state index in [2.05, 4.69) is 32.7 Å². The molecule has 1 aromatic heterocycles. The minimum Gasteiger partial charge on any atom is -0.353 e. The van der Waals surface area contributed by atoms with Crippen molar-refractivity contribution in [2.24, 2.45) is 0 Å². The van der Waals surface area contributed by atoms with Crippen molar-refractivity contribution >= 4 is 33.3 Å². The zero-order chi connectivity index (χ0) is 10.8. The molecule has 2 heterocycles. The van der Waals surface area contributed by atoms with Gasteiger partial charge in [0.05, 0.1) is 5.02 Å². The maximum atomic E-state index is 6.19. The zero-order valence-electron chi connectivity index (χ0n) is 8.71. The van der Waals surface area contributed by atoms with E-state index < -0.39 is 0 Å². The smallest absolute Gasteiger partial charge is 0.147 e. The maximum absolute atomic E-state index is 6.19. The zero-order valence-corrected chi connectivity index (χ0v) is 11.1. The molecule has 0 N–H and O–H groups in total. The number of piperidine rings is 1. The number of nitrogens with zero attached hydrogens (tertiary/aromatic N) is 2. The maximum Gasteiger partial charge on any atom is 0.147 e. The number of rotatable bonds is 1. The molecule has 1 aliphatic rings. The van der Waals surface area contributed by atoms with Crippen molar-refractivity contribution in [3.8, 4) is 0 Å². The Bertz CT molecular complexity index is 356. The topological polar surface area (TPSA) is 16.1 Å². The lowest BCUT2D eigenvalue weighted by atomic mass is 10.0. The van der Waals surface area contributed by atoms with Gasteiger partial charge in [-0.25, -0.2) is 4.98 Å². The summed E-state index contributed by atoms with van der Waals surface area (Å²) in [4.78, 5) is 6.70. The normalized spacial score (nSPS) is 21.8. The van der Waals surface area contributed by atoms with Crippen molar-refractivity contribution in [1.29, 1.82) is 0 Å². The van der Waals surface area contributed by atoms with Crippen LogP contribution in [0.5, 0.6) is 0 Å². The summed E-state index contributed by atoms with van der Waals surface area (Å²) in [7, 11) is 0. The van der Waals surface area contributed by atoms with Gasteiger partial charge in [-0.2, -0.15) is 0 Å². The third kappa shape index (κ3) is 2.45. The molecule has 0 amide bonds. The first-order chi connectivity index (χ1) is 7.18. The van der Waals surface area contributed by atoms with Gasteiger partial charge in [0.1, 0.15) is 5.82 Å². The van der Waals surface area contributed by atoms with Crippen LogP contribution in [0.15, 0.2) is 16.7 Å². The fraction of sp³-hybridized carbons (Fsp3) is 0.545. The van der Waals surface area contributed by atoms with Crippen LogP contribution in [0.2, 0.25) is 5.02 Å². The Kier molecular flexibility index (Phi) is 3.52. The summed E-state index contributed by atoms with van der Waals surface area (Å²) in [5, 5.41) is 0.734. The highest BCUT2D eigenvalue weighted by atomic mass is 79.9. The van der Waals surface area contributed by atoms with Crippen LogP contribution >= 0.6 is 27.5 Å². The predicted molar refractivity (Wildman–Crippen MR) is 67.6 cm³/mol. The summed E-state index contributed by atoms with van der Waals surface area (Å²) in [6.45, 7) is 3.30. The van der Waals surface area contributed by atoms with E-state index in [1.54, 1.807) is 0 Å². The highest BCUT2D eigenvalue weighted by Crippen LogP contribution is 2.30. The fourth-order valence-corrected chi connectivity index (χ4v) is 2.77. The van der Waals surface area contributed by atoms with E-state index in [1.165, 1.54) is 19.3 Å². The van der Waals surface area contributed by atoms with Crippen LogP contribution in [0.1, 0.15) is 26.2 Å². The summed E-state index contributed by atoms with van der Waals surface area (Å²) in [5.74, 6) is 0.923. The molecule has 2 rings (SSSR count). The van der Waals surface area contributed by atoms with Gasteiger partial charge in [0, 0.05) is 23.3 Å². The van der Waals surface area contributed by atoms with Crippen LogP contribution in [0.25, 0.3) is 0 Å². The number of halogens is 2. The standard InChI is InChI=1S/C11H14BrClN2/c1-8-4-2-3-5-15(8)11-10(13)6-9(12)7-14-11/h6-8H,2-5H2,1H3. The second-order valence-corrected chi connectivity index (χ2v) is 5.32. The third-order valence-electron chi connectivity index (χ3n) is 2.86. The molecule has 0 aliphatic carbocycles. The second-order valence-electron chi connectivity index (χ2n) is 4.00. The number of aromatic nitrogens is 1. The Labute approximate surface area is 104 Å². The van der Waals surface area contributed by atoms with Gasteiger partial charge in [0.2, 0.25) is 0 Å². The molecule has 0 bridgehead atoms. The molecule has 0 saturated carbocycles. The van der Waals surface area contributed by atoms with E-state index in [9.17, 15) is 0 Å². The van der Waals surface area contributed by atoms with Gasteiger partial charge in [-0.1, -0.05) is 11.6 Å². The summed E-state index contributed by atoms with van der Waals surface area (Å²) in [6, 6.07) is 2.45. The van der Waals surface area contributed by atoms with Gasteiger partial charge in [-0.05, 0) is 48.2 Å². The van der Waals surface area contributed by atoms with Gasteiger partial charge < -0.3 is 4.90 Å². The van der Waals surface area contributed by atoms with Crippen LogP contribution < -0.4 is 4.90 Å². The number of hydrogen-bond donors (Lipinski definition) is 0. The van der Waals surface area contributed by atoms with Crippen LogP contribution in [-0.2, 0) is 0 Å². The van der Waals surface area contributed by atoms with Crippen LogP contribution in [0.3, 0.4) is 0 Å². The van der Waals surface area contributed by atoms with Crippen molar-refractivity contribution in [3.05, 3.63) is 21.8 Å². The van der Waals surface area contributed by atoms with E-state index in [4.69, 9.17) is 11.6 Å². The number of hydrogen-bond acceptors (Lipinski definition) is 2. The van der Waals surface area contributed by atoms with Crippen LogP contribution in [-0.4, -0.2) is 17.6 Å². The second kappa shape index (κ2) is 4.71. The first-order valence-corrected chi connectivity index (χ1v) is 6.43. The summed E-state index contributed by atoms with van der Waals surface area (Å²) < 4.78 is 0.931. The summed E-state index contributed by atoms with van der Waals surface area (Å²) >= 11 is 9.56. The fourth-order valence-electron chi connectivity index (χ4n) is 2.03. The Morgan fingerprint density at radius 1 is 1.53 bits per heavy atom. The molecule has 2 nitrogen and oxygen atoms in total. The summed E-state index contributed by atoms with van der Waals surface area (Å²) in [6.07, 6.45) is 5.58. The molecule has 1 fully saturated rings. The molecule has 4 heteroatoms. The van der Waals surface area contributed by atoms with E-state index in [1.807, 2.05) is 12.3 Å². The summed E-state index contributed by atoms with van der Waals surface area (Å²) in [5.41, 5.74) is 0. The van der Waals surface area contributed by atoms with Gasteiger partial charge >= 0.3 is 0 Å². The van der Waals surface area contributed by atoms with Gasteiger partial charge in [-0.15, -0.1) is 0 Å². The highest BCUT2D eigenvalue weighted by molar-refractivity contribution is 9.10. The minimum atomic E-state index is 0.546. The van der Waals surface area contributed by atoms with Gasteiger partial charge in [-0.3, -0.25) is 0 Å². The Morgan fingerprint density at radius 3 is 3.00 bits per heavy atom. The molecule has 1 saturated heterocycles. The average Bonchev–Trinajstić information content (AvgIpc) is 2.20. The molecule has 1 aromatic rings. The quantitative estimate of drug-likeness (QED) is 0.780. The Balaban J connectivity index is 2.27. The lowest BCUT2D eigenvalue weighted by Gasteiger charge is -2.34. The molecule has 0 radical (unpaired) electrons. The van der Waals surface area contributed by atoms with Crippen molar-refractivity contribution in [2.45, 2.75) is 32.2 Å². The van der Waals surface area contributed by atoms with Crippen molar-refractivity contribution in [3.63, 3.8) is 0 Å². The number of pyridine rings is 1. The van der Waals surface area contributed by atoms with E-state index >= 15 is 0 Å². The molecular weight excluding hydrogens is 275 g/mol. The molecule has 1 atom stereocenters. The molecule has 1 unspecified atom stereocenters. The largest absolute Gasteiger partial charge is 0.353 e. The van der Waals surface area contributed by atoms with Gasteiger partial charge in [0.25, 0.3) is 0 Å². The molecule has 0 aromatic carbocycles. The molecule has 82 valence electrons. The molecular formula is C11H14BrClN2. The first-order valence-electron chi connectivity index (χ1n) is 5.26. The monoisotopic (exact) mass is 288 g/mol. The van der Waals surface area contributed by atoms with E-state index in [-0.39, 0.29) is 0 Å². The van der Waals surface area contributed by atoms with Crippen molar-refractivity contribution < 1.29 is 0 Å². The molecule has 0 spiro atoms. The number of anilines is 1. The third-order valence-corrected chi connectivity index (χ3v) is 3.58. The highest BCUT2D eigenvalue weighted by Gasteiger charge is 2.21. The Hall–Kier alpha value is -0.280. The van der Waals surface area contributed by atoms with Crippen LogP contribution in [0, 0.1) is 0 Å². The Morgan fingerprint density at radius 2 is 2.33 bits per heavy atom. The molecule has 1 aliphatic heterocycles. The van der Waals surface area contributed by atoms with Gasteiger partial charge in [0.15, 0.2) is 0 Å². The average molecular weight is 290 g/mol. The lowest BCUT2D eigenvalue weighted by Crippen LogP contribution is -2.38. The minimum absolute atomic E-state index is 0.546. The van der Waals surface area contributed by atoms with Crippen LogP contribution in [0.4, 0.5) is 5.82 Å². The lowest BCUT2D eigenvalue weighted by molar-refractivity contribution is 0.481. The van der Waals surface area contributed by atoms with Crippen molar-refractivity contribution in [1.82, 2.24) is 4.98 Å². The van der Waals surface area contributed by atoms with E-state index in [0.29, 0.717) is 6.04 Å². The van der Waals surface area contributed by atoms with Crippen molar-refractivity contribution in [2.75, 3.05) is 11.4 Å². The predicted octanol–water partition coefficient (Wildman–Crippen LogP) is 3.88. The SMILES string of the molecule is CC1CCCCN1c1ncc(Br)cc1Cl.